The van der Waals surface area contributed by atoms with Crippen molar-refractivity contribution in [3.63, 3.8) is 0 Å². The SMILES string of the molecule is CC(C)NC(=O)CC(N)C(N)=O. The summed E-state index contributed by atoms with van der Waals surface area (Å²) in [5, 5.41) is 2.60. The van der Waals surface area contributed by atoms with Crippen LogP contribution >= 0.6 is 0 Å². The van der Waals surface area contributed by atoms with Crippen LogP contribution in [0.25, 0.3) is 0 Å². The van der Waals surface area contributed by atoms with Gasteiger partial charge in [-0.15, -0.1) is 0 Å². The summed E-state index contributed by atoms with van der Waals surface area (Å²) < 4.78 is 0. The molecule has 0 saturated carbocycles. The largest absolute Gasteiger partial charge is 0.368 e. The predicted octanol–water partition coefficient (Wildman–Crippen LogP) is -1.29. The van der Waals surface area contributed by atoms with Crippen LogP contribution < -0.4 is 16.8 Å². The molecule has 0 heterocycles. The molecular weight excluding hydrogens is 158 g/mol. The molecule has 0 saturated heterocycles. The number of carbonyl (C=O) groups excluding carboxylic acids is 2. The molecule has 0 aromatic heterocycles. The number of carbonyl (C=O) groups is 2. The van der Waals surface area contributed by atoms with E-state index >= 15 is 0 Å². The van der Waals surface area contributed by atoms with E-state index in [2.05, 4.69) is 5.32 Å². The van der Waals surface area contributed by atoms with Crippen LogP contribution in [0.5, 0.6) is 0 Å². The maximum absolute atomic E-state index is 11.0. The van der Waals surface area contributed by atoms with E-state index < -0.39 is 11.9 Å². The fourth-order valence-electron chi connectivity index (χ4n) is 0.681. The topological polar surface area (TPSA) is 98.2 Å². The maximum Gasteiger partial charge on any atom is 0.234 e. The summed E-state index contributed by atoms with van der Waals surface area (Å²) in [6, 6.07) is -0.832. The summed E-state index contributed by atoms with van der Waals surface area (Å²) >= 11 is 0. The zero-order chi connectivity index (χ0) is 9.72. The Morgan fingerprint density at radius 3 is 2.25 bits per heavy atom. The van der Waals surface area contributed by atoms with Gasteiger partial charge in [0, 0.05) is 6.04 Å². The highest BCUT2D eigenvalue weighted by Gasteiger charge is 2.14. The first-order chi connectivity index (χ1) is 5.43. The Morgan fingerprint density at radius 2 is 1.92 bits per heavy atom. The first-order valence-corrected chi connectivity index (χ1v) is 3.77. The number of hydrogen-bond donors (Lipinski definition) is 3. The van der Waals surface area contributed by atoms with E-state index in [4.69, 9.17) is 11.5 Å². The standard InChI is InChI=1S/C7H15N3O2/c1-4(2)10-6(11)3-5(8)7(9)12/h4-5H,3,8H2,1-2H3,(H2,9,12)(H,10,11). The first-order valence-electron chi connectivity index (χ1n) is 3.77. The van der Waals surface area contributed by atoms with Gasteiger partial charge in [-0.2, -0.15) is 0 Å². The molecule has 0 rings (SSSR count). The quantitative estimate of drug-likeness (QED) is 0.493. The second kappa shape index (κ2) is 4.71. The van der Waals surface area contributed by atoms with Crippen molar-refractivity contribution in [2.45, 2.75) is 32.4 Å². The van der Waals surface area contributed by atoms with Gasteiger partial charge < -0.3 is 16.8 Å². The number of rotatable bonds is 4. The third kappa shape index (κ3) is 4.68. The second-order valence-corrected chi connectivity index (χ2v) is 2.94. The Morgan fingerprint density at radius 1 is 1.42 bits per heavy atom. The lowest BCUT2D eigenvalue weighted by molar-refractivity contribution is -0.126. The zero-order valence-electron chi connectivity index (χ0n) is 7.33. The van der Waals surface area contributed by atoms with Crippen molar-refractivity contribution in [3.8, 4) is 0 Å². The minimum Gasteiger partial charge on any atom is -0.368 e. The van der Waals surface area contributed by atoms with Crippen LogP contribution in [0.1, 0.15) is 20.3 Å². The molecule has 0 aromatic carbocycles. The summed E-state index contributed by atoms with van der Waals surface area (Å²) in [7, 11) is 0. The van der Waals surface area contributed by atoms with Crippen molar-refractivity contribution in [2.24, 2.45) is 11.5 Å². The Hall–Kier alpha value is -1.10. The highest BCUT2D eigenvalue weighted by atomic mass is 16.2. The van der Waals surface area contributed by atoms with Gasteiger partial charge >= 0.3 is 0 Å². The monoisotopic (exact) mass is 173 g/mol. The van der Waals surface area contributed by atoms with Gasteiger partial charge in [-0.05, 0) is 13.8 Å². The first kappa shape index (κ1) is 10.9. The van der Waals surface area contributed by atoms with Crippen molar-refractivity contribution >= 4 is 11.8 Å². The lowest BCUT2D eigenvalue weighted by atomic mass is 10.2. The van der Waals surface area contributed by atoms with Gasteiger partial charge in [-0.3, -0.25) is 9.59 Å². The molecule has 12 heavy (non-hydrogen) atoms. The molecule has 5 N–H and O–H groups in total. The molecule has 0 aliphatic rings. The molecule has 2 amide bonds. The molecule has 5 heteroatoms. The average molecular weight is 173 g/mol. The molecule has 0 aliphatic heterocycles. The van der Waals surface area contributed by atoms with Crippen LogP contribution in [0.3, 0.4) is 0 Å². The second-order valence-electron chi connectivity index (χ2n) is 2.94. The number of hydrogen-bond acceptors (Lipinski definition) is 3. The van der Waals surface area contributed by atoms with E-state index in [1.54, 1.807) is 0 Å². The van der Waals surface area contributed by atoms with E-state index in [0.717, 1.165) is 0 Å². The molecule has 0 bridgehead atoms. The molecule has 5 nitrogen and oxygen atoms in total. The molecular formula is C7H15N3O2. The van der Waals surface area contributed by atoms with Gasteiger partial charge in [-0.25, -0.2) is 0 Å². The maximum atomic E-state index is 11.0. The average Bonchev–Trinajstić information content (AvgIpc) is 1.84. The van der Waals surface area contributed by atoms with E-state index in [1.807, 2.05) is 13.8 Å². The van der Waals surface area contributed by atoms with Gasteiger partial charge in [-0.1, -0.05) is 0 Å². The van der Waals surface area contributed by atoms with Crippen LogP contribution in [0.4, 0.5) is 0 Å². The van der Waals surface area contributed by atoms with E-state index in [1.165, 1.54) is 0 Å². The number of primary amides is 1. The number of nitrogens with two attached hydrogens (primary N) is 2. The Bertz CT molecular complexity index is 179. The van der Waals surface area contributed by atoms with Gasteiger partial charge in [0.25, 0.3) is 0 Å². The van der Waals surface area contributed by atoms with Crippen molar-refractivity contribution in [1.82, 2.24) is 5.32 Å². The van der Waals surface area contributed by atoms with Crippen molar-refractivity contribution in [2.75, 3.05) is 0 Å². The minimum atomic E-state index is -0.885. The molecule has 0 spiro atoms. The molecule has 70 valence electrons. The van der Waals surface area contributed by atoms with Crippen LogP contribution in [-0.4, -0.2) is 23.9 Å². The van der Waals surface area contributed by atoms with Gasteiger partial charge in [0.1, 0.15) is 0 Å². The summed E-state index contributed by atoms with van der Waals surface area (Å²) in [6.45, 7) is 3.65. The normalized spacial score (nSPS) is 12.7. The molecule has 1 unspecified atom stereocenters. The van der Waals surface area contributed by atoms with Gasteiger partial charge in [0.05, 0.1) is 12.5 Å². The Balaban J connectivity index is 3.77. The third-order valence-electron chi connectivity index (χ3n) is 1.22. The molecule has 0 fully saturated rings. The van der Waals surface area contributed by atoms with Crippen molar-refractivity contribution in [1.29, 1.82) is 0 Å². The smallest absolute Gasteiger partial charge is 0.234 e. The molecule has 0 aliphatic carbocycles. The summed E-state index contributed by atoms with van der Waals surface area (Å²) in [5.74, 6) is -0.912. The van der Waals surface area contributed by atoms with Crippen LogP contribution in [-0.2, 0) is 9.59 Å². The highest BCUT2D eigenvalue weighted by Crippen LogP contribution is 1.88. The van der Waals surface area contributed by atoms with Crippen molar-refractivity contribution < 1.29 is 9.59 Å². The summed E-state index contributed by atoms with van der Waals surface area (Å²) in [5.41, 5.74) is 10.1. The lowest BCUT2D eigenvalue weighted by Crippen LogP contribution is -2.42. The fourth-order valence-corrected chi connectivity index (χ4v) is 0.681. The lowest BCUT2D eigenvalue weighted by Gasteiger charge is -2.10. The molecule has 0 radical (unpaired) electrons. The van der Waals surface area contributed by atoms with E-state index in [9.17, 15) is 9.59 Å². The number of amides is 2. The van der Waals surface area contributed by atoms with Crippen LogP contribution in [0.15, 0.2) is 0 Å². The van der Waals surface area contributed by atoms with Crippen LogP contribution in [0, 0.1) is 0 Å². The molecule has 1 atom stereocenters. The van der Waals surface area contributed by atoms with E-state index in [0.29, 0.717) is 0 Å². The number of nitrogens with one attached hydrogen (secondary N) is 1. The predicted molar refractivity (Wildman–Crippen MR) is 45.1 cm³/mol. The van der Waals surface area contributed by atoms with Gasteiger partial charge in [0.2, 0.25) is 11.8 Å². The summed E-state index contributed by atoms with van der Waals surface area (Å²) in [4.78, 5) is 21.4. The third-order valence-corrected chi connectivity index (χ3v) is 1.22. The zero-order valence-corrected chi connectivity index (χ0v) is 7.33. The Kier molecular flexibility index (Phi) is 4.28. The fraction of sp³-hybridized carbons (Fsp3) is 0.714. The summed E-state index contributed by atoms with van der Waals surface area (Å²) in [6.07, 6.45) is -0.0481. The Labute approximate surface area is 71.5 Å². The van der Waals surface area contributed by atoms with Crippen LogP contribution in [0.2, 0.25) is 0 Å². The minimum absolute atomic E-state index is 0.0481. The van der Waals surface area contributed by atoms with Gasteiger partial charge in [0.15, 0.2) is 0 Å². The van der Waals surface area contributed by atoms with Crippen molar-refractivity contribution in [3.05, 3.63) is 0 Å². The highest BCUT2D eigenvalue weighted by molar-refractivity contribution is 5.87. The van der Waals surface area contributed by atoms with E-state index in [-0.39, 0.29) is 18.4 Å². The molecule has 0 aromatic rings.